The fourth-order valence-electron chi connectivity index (χ4n) is 4.09. The van der Waals surface area contributed by atoms with Gasteiger partial charge in [0.1, 0.15) is 11.4 Å². The number of aryl methyl sites for hydroxylation is 4. The van der Waals surface area contributed by atoms with Crippen LogP contribution in [0.2, 0.25) is 0 Å². The molecule has 5 aromatic rings. The molecule has 0 aliphatic carbocycles. The number of nitrogens with zero attached hydrogens (tertiary/aromatic N) is 3. The largest absolute Gasteiger partial charge is 0.324 e. The Morgan fingerprint density at radius 3 is 2.58 bits per heavy atom. The minimum absolute atomic E-state index is 0.194. The molecule has 0 saturated heterocycles. The monoisotopic (exact) mass is 517 g/mol. The number of carbonyl (C=O) groups is 2. The van der Waals surface area contributed by atoms with Crippen LogP contribution in [-0.2, 0) is 11.3 Å². The van der Waals surface area contributed by atoms with Gasteiger partial charge in [-0.3, -0.25) is 19.0 Å². The van der Waals surface area contributed by atoms with Gasteiger partial charge in [-0.25, -0.2) is 9.97 Å². The zero-order chi connectivity index (χ0) is 25.6. The maximum atomic E-state index is 13.2. The topological polar surface area (TPSA) is 106 Å². The Kier molecular flexibility index (Phi) is 6.15. The number of amides is 2. The molecule has 0 aliphatic heterocycles. The molecule has 0 atom stereocenters. The SMILES string of the molecule is Cc1ccc(NC(=O)c2sc3ncn(CC(=O)Nc4ccc5nc(C)sc5c4)c(=O)c3c2C)c(C)c1. The van der Waals surface area contributed by atoms with Gasteiger partial charge in [0.25, 0.3) is 11.5 Å². The minimum atomic E-state index is -0.358. The van der Waals surface area contributed by atoms with Crippen LogP contribution >= 0.6 is 22.7 Å². The molecule has 3 aromatic heterocycles. The Hall–Kier alpha value is -3.89. The lowest BCUT2D eigenvalue weighted by atomic mass is 10.1. The second kappa shape index (κ2) is 9.29. The Balaban J connectivity index is 1.37. The van der Waals surface area contributed by atoms with E-state index in [1.54, 1.807) is 24.3 Å². The van der Waals surface area contributed by atoms with Gasteiger partial charge < -0.3 is 10.6 Å². The van der Waals surface area contributed by atoms with Gasteiger partial charge in [-0.05, 0) is 63.1 Å². The van der Waals surface area contributed by atoms with Crippen LogP contribution in [-0.4, -0.2) is 26.3 Å². The summed E-state index contributed by atoms with van der Waals surface area (Å²) in [4.78, 5) is 48.6. The van der Waals surface area contributed by atoms with Crippen LogP contribution in [0, 0.1) is 27.7 Å². The predicted molar refractivity (Wildman–Crippen MR) is 145 cm³/mol. The van der Waals surface area contributed by atoms with Crippen molar-refractivity contribution < 1.29 is 9.59 Å². The highest BCUT2D eigenvalue weighted by Gasteiger charge is 2.20. The van der Waals surface area contributed by atoms with Crippen molar-refractivity contribution in [3.8, 4) is 0 Å². The van der Waals surface area contributed by atoms with E-state index in [2.05, 4.69) is 20.6 Å². The third-order valence-electron chi connectivity index (χ3n) is 5.85. The molecule has 3 heterocycles. The van der Waals surface area contributed by atoms with Gasteiger partial charge in [0.05, 0.1) is 31.8 Å². The Morgan fingerprint density at radius 1 is 1.00 bits per heavy atom. The number of carbonyl (C=O) groups excluding carboxylic acids is 2. The van der Waals surface area contributed by atoms with E-state index in [1.165, 1.54) is 22.2 Å². The number of fused-ring (bicyclic) bond motifs is 2. The first kappa shape index (κ1) is 23.8. The zero-order valence-electron chi connectivity index (χ0n) is 20.1. The maximum absolute atomic E-state index is 13.2. The first-order valence-corrected chi connectivity index (χ1v) is 12.9. The molecule has 2 amide bonds. The van der Waals surface area contributed by atoms with Gasteiger partial charge in [-0.1, -0.05) is 17.7 Å². The molecule has 10 heteroatoms. The average Bonchev–Trinajstić information content (AvgIpc) is 3.36. The van der Waals surface area contributed by atoms with Crippen molar-refractivity contribution in [3.05, 3.63) is 79.7 Å². The van der Waals surface area contributed by atoms with Crippen LogP contribution in [0.4, 0.5) is 11.4 Å². The number of anilines is 2. The first-order chi connectivity index (χ1) is 17.2. The summed E-state index contributed by atoms with van der Waals surface area (Å²) in [6, 6.07) is 11.3. The molecule has 0 spiro atoms. The second-order valence-electron chi connectivity index (χ2n) is 8.65. The molecule has 182 valence electrons. The van der Waals surface area contributed by atoms with Gasteiger partial charge in [0.2, 0.25) is 5.91 Å². The van der Waals surface area contributed by atoms with Crippen LogP contribution in [0.15, 0.2) is 47.5 Å². The molecular formula is C26H23N5O3S2. The normalized spacial score (nSPS) is 11.2. The van der Waals surface area contributed by atoms with E-state index in [9.17, 15) is 14.4 Å². The second-order valence-corrected chi connectivity index (χ2v) is 10.9. The van der Waals surface area contributed by atoms with Crippen molar-refractivity contribution in [3.63, 3.8) is 0 Å². The summed E-state index contributed by atoms with van der Waals surface area (Å²) in [5.74, 6) is -0.639. The molecule has 2 N–H and O–H groups in total. The predicted octanol–water partition coefficient (Wildman–Crippen LogP) is 5.19. The number of thiophene rings is 1. The van der Waals surface area contributed by atoms with Gasteiger partial charge in [-0.15, -0.1) is 22.7 Å². The Morgan fingerprint density at radius 2 is 1.81 bits per heavy atom. The zero-order valence-corrected chi connectivity index (χ0v) is 21.8. The molecule has 0 saturated carbocycles. The lowest BCUT2D eigenvalue weighted by Crippen LogP contribution is -2.28. The van der Waals surface area contributed by atoms with Crippen LogP contribution in [0.1, 0.15) is 31.4 Å². The fraction of sp³-hybridized carbons (Fsp3) is 0.192. The number of aromatic nitrogens is 3. The van der Waals surface area contributed by atoms with E-state index >= 15 is 0 Å². The number of hydrogen-bond donors (Lipinski definition) is 2. The molecular weight excluding hydrogens is 494 g/mol. The van der Waals surface area contributed by atoms with Crippen LogP contribution in [0.3, 0.4) is 0 Å². The highest BCUT2D eigenvalue weighted by molar-refractivity contribution is 7.20. The first-order valence-electron chi connectivity index (χ1n) is 11.2. The minimum Gasteiger partial charge on any atom is -0.324 e. The molecule has 0 bridgehead atoms. The number of hydrogen-bond acceptors (Lipinski definition) is 7. The van der Waals surface area contributed by atoms with E-state index in [0.29, 0.717) is 26.3 Å². The van der Waals surface area contributed by atoms with E-state index in [-0.39, 0.29) is 23.9 Å². The molecule has 5 rings (SSSR count). The van der Waals surface area contributed by atoms with E-state index in [0.717, 1.165) is 32.0 Å². The van der Waals surface area contributed by atoms with Crippen molar-refractivity contribution in [2.45, 2.75) is 34.2 Å². The van der Waals surface area contributed by atoms with E-state index < -0.39 is 0 Å². The highest BCUT2D eigenvalue weighted by Crippen LogP contribution is 2.28. The molecule has 8 nitrogen and oxygen atoms in total. The molecule has 2 aromatic carbocycles. The molecule has 0 fully saturated rings. The standard InChI is InChI=1S/C26H23N5O3S2/c1-13-5-7-18(14(2)9-13)30-24(33)23-15(3)22-25(36-23)27-12-31(26(22)34)11-21(32)29-17-6-8-19-20(10-17)35-16(4)28-19/h5-10,12H,11H2,1-4H3,(H,29,32)(H,30,33). The van der Waals surface area contributed by atoms with Crippen molar-refractivity contribution in [1.82, 2.24) is 14.5 Å². The highest BCUT2D eigenvalue weighted by atomic mass is 32.1. The Bertz CT molecular complexity index is 1730. The lowest BCUT2D eigenvalue weighted by molar-refractivity contribution is -0.116. The fourth-order valence-corrected chi connectivity index (χ4v) is 6.00. The van der Waals surface area contributed by atoms with Crippen LogP contribution in [0.5, 0.6) is 0 Å². The van der Waals surface area contributed by atoms with Crippen molar-refractivity contribution in [2.75, 3.05) is 10.6 Å². The van der Waals surface area contributed by atoms with Gasteiger partial charge in [0, 0.05) is 11.4 Å². The van der Waals surface area contributed by atoms with Crippen LogP contribution < -0.4 is 16.2 Å². The van der Waals surface area contributed by atoms with Gasteiger partial charge in [0.15, 0.2) is 0 Å². The quantitative estimate of drug-likeness (QED) is 0.334. The summed E-state index contributed by atoms with van der Waals surface area (Å²) in [6.45, 7) is 7.40. The third kappa shape index (κ3) is 4.52. The summed E-state index contributed by atoms with van der Waals surface area (Å²) in [6.07, 6.45) is 1.35. The van der Waals surface area contributed by atoms with Crippen molar-refractivity contribution in [1.29, 1.82) is 0 Å². The number of rotatable bonds is 5. The van der Waals surface area contributed by atoms with Gasteiger partial charge in [-0.2, -0.15) is 0 Å². The summed E-state index contributed by atoms with van der Waals surface area (Å²) in [5.41, 5.74) is 4.49. The van der Waals surface area contributed by atoms with Crippen molar-refractivity contribution >= 4 is 66.3 Å². The summed E-state index contributed by atoms with van der Waals surface area (Å²) >= 11 is 2.72. The summed E-state index contributed by atoms with van der Waals surface area (Å²) < 4.78 is 2.24. The van der Waals surface area contributed by atoms with E-state index in [1.807, 2.05) is 51.1 Å². The number of thiazole rings is 1. The summed E-state index contributed by atoms with van der Waals surface area (Å²) in [5, 5.41) is 7.06. The number of nitrogens with one attached hydrogen (secondary N) is 2. The van der Waals surface area contributed by atoms with Crippen LogP contribution in [0.25, 0.3) is 20.4 Å². The smallest absolute Gasteiger partial charge is 0.266 e. The van der Waals surface area contributed by atoms with Gasteiger partial charge >= 0.3 is 0 Å². The maximum Gasteiger partial charge on any atom is 0.266 e. The third-order valence-corrected chi connectivity index (χ3v) is 7.98. The van der Waals surface area contributed by atoms with E-state index in [4.69, 9.17) is 0 Å². The Labute approximate surface area is 214 Å². The molecule has 36 heavy (non-hydrogen) atoms. The lowest BCUT2D eigenvalue weighted by Gasteiger charge is -2.08. The summed E-state index contributed by atoms with van der Waals surface area (Å²) in [7, 11) is 0. The average molecular weight is 518 g/mol. The van der Waals surface area contributed by atoms with Crippen molar-refractivity contribution in [2.24, 2.45) is 0 Å². The molecule has 0 aliphatic rings. The molecule has 0 unspecified atom stereocenters. The molecule has 0 radical (unpaired) electrons. The number of benzene rings is 2.